The Morgan fingerprint density at radius 3 is 2.53 bits per heavy atom. The summed E-state index contributed by atoms with van der Waals surface area (Å²) in [4.78, 5) is 12.3. The molecule has 0 spiro atoms. The van der Waals surface area contributed by atoms with E-state index >= 15 is 0 Å². The van der Waals surface area contributed by atoms with E-state index in [1.165, 1.54) is 37.4 Å². The number of benzene rings is 3. The van der Waals surface area contributed by atoms with Gasteiger partial charge in [0.15, 0.2) is 33.7 Å². The molecular weight excluding hydrogens is 460 g/mol. The minimum absolute atomic E-state index is 0.00488. The number of rotatable bonds is 4. The maximum atomic E-state index is 13.0. The fourth-order valence-electron chi connectivity index (χ4n) is 3.22. The molecule has 1 aromatic heterocycles. The largest absolute Gasteiger partial charge is 0.465 e. The van der Waals surface area contributed by atoms with Gasteiger partial charge in [0.1, 0.15) is 5.56 Å². The van der Waals surface area contributed by atoms with Gasteiger partial charge in [0.25, 0.3) is 10.0 Å². The average Bonchev–Trinajstić information content (AvgIpc) is 3.16. The molecule has 0 unspecified atom stereocenters. The first-order chi connectivity index (χ1) is 15.4. The van der Waals surface area contributed by atoms with Crippen molar-refractivity contribution in [3.8, 4) is 23.0 Å². The first-order valence-corrected chi connectivity index (χ1v) is 11.0. The fourth-order valence-corrected chi connectivity index (χ4v) is 4.47. The van der Waals surface area contributed by atoms with Crippen LogP contribution in [0.25, 0.3) is 11.0 Å². The smallest absolute Gasteiger partial charge is 0.341 e. The average molecular weight is 473 g/mol. The number of fused-ring (bicyclic) bond motifs is 3. The molecule has 1 N–H and O–H groups in total. The number of ether oxygens (including phenoxy) is 3. The first kappa shape index (κ1) is 20.2. The minimum Gasteiger partial charge on any atom is -0.465 e. The van der Waals surface area contributed by atoms with E-state index in [0.717, 1.165) is 0 Å². The molecule has 3 aromatic carbocycles. The SMILES string of the molecule is COC(=O)c1cc(NS(=O)(=O)c2ccc3onc(Cl)c3c2)cc2c1Oc1ccccc1O2. The number of sulfonamides is 1. The second-order valence-electron chi connectivity index (χ2n) is 6.73. The maximum absolute atomic E-state index is 13.0. The van der Waals surface area contributed by atoms with Crippen LogP contribution in [0.5, 0.6) is 23.0 Å². The Kier molecular flexibility index (Phi) is 4.68. The van der Waals surface area contributed by atoms with Gasteiger partial charge in [-0.05, 0) is 36.4 Å². The fraction of sp³-hybridized carbons (Fsp3) is 0.0476. The van der Waals surface area contributed by atoms with Crippen LogP contribution in [-0.2, 0) is 14.8 Å². The molecule has 0 radical (unpaired) electrons. The van der Waals surface area contributed by atoms with Crippen molar-refractivity contribution in [1.82, 2.24) is 5.16 Å². The summed E-state index contributed by atoms with van der Waals surface area (Å²) >= 11 is 5.95. The molecule has 9 nitrogen and oxygen atoms in total. The zero-order valence-corrected chi connectivity index (χ0v) is 17.9. The van der Waals surface area contributed by atoms with Crippen molar-refractivity contribution in [3.05, 3.63) is 65.3 Å². The molecule has 0 amide bonds. The van der Waals surface area contributed by atoms with Gasteiger partial charge >= 0.3 is 5.97 Å². The topological polar surface area (TPSA) is 117 Å². The standard InChI is InChI=1S/C21H13ClN2O7S/c1-28-21(25)14-8-11(9-18-19(14)30-17-5-3-2-4-16(17)29-18)24-32(26,27)12-6-7-15-13(10-12)20(22)23-31-15/h2-10,24H,1H3. The number of aromatic nitrogens is 1. The van der Waals surface area contributed by atoms with Crippen LogP contribution in [-0.4, -0.2) is 26.7 Å². The molecule has 1 aliphatic heterocycles. The monoisotopic (exact) mass is 472 g/mol. The van der Waals surface area contributed by atoms with Crippen molar-refractivity contribution >= 4 is 44.3 Å². The molecule has 0 saturated heterocycles. The minimum atomic E-state index is -4.06. The van der Waals surface area contributed by atoms with Gasteiger partial charge in [-0.1, -0.05) is 28.9 Å². The molecule has 0 atom stereocenters. The second-order valence-corrected chi connectivity index (χ2v) is 8.77. The third kappa shape index (κ3) is 3.39. The van der Waals surface area contributed by atoms with E-state index in [0.29, 0.717) is 22.5 Å². The highest BCUT2D eigenvalue weighted by atomic mass is 35.5. The number of hydrogen-bond acceptors (Lipinski definition) is 8. The lowest BCUT2D eigenvalue weighted by Crippen LogP contribution is -2.15. The molecule has 0 saturated carbocycles. The van der Waals surface area contributed by atoms with Gasteiger partial charge in [-0.25, -0.2) is 13.2 Å². The Bertz CT molecular complexity index is 1500. The lowest BCUT2D eigenvalue weighted by Gasteiger charge is -2.23. The summed E-state index contributed by atoms with van der Waals surface area (Å²) < 4.78 is 49.9. The van der Waals surface area contributed by atoms with Gasteiger partial charge in [0.2, 0.25) is 0 Å². The van der Waals surface area contributed by atoms with Gasteiger partial charge in [0, 0.05) is 6.07 Å². The highest BCUT2D eigenvalue weighted by Crippen LogP contribution is 2.48. The van der Waals surface area contributed by atoms with E-state index < -0.39 is 16.0 Å². The van der Waals surface area contributed by atoms with Crippen LogP contribution < -0.4 is 14.2 Å². The molecular formula is C21H13ClN2O7S. The third-order valence-corrected chi connectivity index (χ3v) is 6.35. The normalized spacial score (nSPS) is 12.3. The number of hydrogen-bond donors (Lipinski definition) is 1. The Morgan fingerprint density at radius 1 is 1.03 bits per heavy atom. The molecule has 0 fully saturated rings. The molecule has 4 aromatic rings. The van der Waals surface area contributed by atoms with E-state index in [1.54, 1.807) is 24.3 Å². The van der Waals surface area contributed by atoms with Gasteiger partial charge in [-0.2, -0.15) is 0 Å². The van der Waals surface area contributed by atoms with Gasteiger partial charge in [-0.3, -0.25) is 4.72 Å². The summed E-state index contributed by atoms with van der Waals surface area (Å²) in [5.74, 6) is 0.390. The maximum Gasteiger partial charge on any atom is 0.341 e. The molecule has 2 heterocycles. The Morgan fingerprint density at radius 2 is 1.78 bits per heavy atom. The number of para-hydroxylation sites is 2. The van der Waals surface area contributed by atoms with Crippen LogP contribution in [0, 0.1) is 0 Å². The Balaban J connectivity index is 1.56. The number of carbonyl (C=O) groups excluding carboxylic acids is 1. The summed E-state index contributed by atoms with van der Waals surface area (Å²) in [6.07, 6.45) is 0. The number of methoxy groups -OCH3 is 1. The number of nitrogens with zero attached hydrogens (tertiary/aromatic N) is 1. The number of halogens is 1. The van der Waals surface area contributed by atoms with Gasteiger partial charge < -0.3 is 18.7 Å². The van der Waals surface area contributed by atoms with Crippen molar-refractivity contribution in [2.75, 3.05) is 11.8 Å². The Labute approximate surface area is 186 Å². The lowest BCUT2D eigenvalue weighted by molar-refractivity contribution is 0.0597. The predicted molar refractivity (Wildman–Crippen MR) is 114 cm³/mol. The molecule has 32 heavy (non-hydrogen) atoms. The second kappa shape index (κ2) is 7.43. The lowest BCUT2D eigenvalue weighted by atomic mass is 10.1. The van der Waals surface area contributed by atoms with Crippen LogP contribution in [0.4, 0.5) is 5.69 Å². The van der Waals surface area contributed by atoms with Crippen LogP contribution in [0.2, 0.25) is 5.15 Å². The summed E-state index contributed by atoms with van der Waals surface area (Å²) in [6.45, 7) is 0. The zero-order chi connectivity index (χ0) is 22.5. The van der Waals surface area contributed by atoms with E-state index in [1.807, 2.05) is 0 Å². The molecule has 0 aliphatic carbocycles. The predicted octanol–water partition coefficient (Wildman–Crippen LogP) is 4.97. The van der Waals surface area contributed by atoms with E-state index in [2.05, 4.69) is 9.88 Å². The highest BCUT2D eigenvalue weighted by Gasteiger charge is 2.27. The third-order valence-electron chi connectivity index (χ3n) is 4.70. The van der Waals surface area contributed by atoms with Crippen LogP contribution in [0.1, 0.15) is 10.4 Å². The molecule has 1 aliphatic rings. The molecule has 5 rings (SSSR count). The number of nitrogens with one attached hydrogen (secondary N) is 1. The number of esters is 1. The quantitative estimate of drug-likeness (QED) is 0.364. The van der Waals surface area contributed by atoms with Crippen LogP contribution in [0.3, 0.4) is 0 Å². The van der Waals surface area contributed by atoms with Crippen molar-refractivity contribution in [2.45, 2.75) is 4.90 Å². The van der Waals surface area contributed by atoms with E-state index in [-0.39, 0.29) is 32.8 Å². The first-order valence-electron chi connectivity index (χ1n) is 9.14. The van der Waals surface area contributed by atoms with Crippen molar-refractivity contribution < 1.29 is 31.9 Å². The molecule has 0 bridgehead atoms. The summed E-state index contributed by atoms with van der Waals surface area (Å²) in [5, 5.41) is 4.00. The van der Waals surface area contributed by atoms with Crippen molar-refractivity contribution in [1.29, 1.82) is 0 Å². The highest BCUT2D eigenvalue weighted by molar-refractivity contribution is 7.92. The summed E-state index contributed by atoms with van der Waals surface area (Å²) in [5.41, 5.74) is 0.415. The Hall–Kier alpha value is -3.76. The summed E-state index contributed by atoms with van der Waals surface area (Å²) in [6, 6.07) is 13.7. The molecule has 162 valence electrons. The van der Waals surface area contributed by atoms with Crippen LogP contribution >= 0.6 is 11.6 Å². The van der Waals surface area contributed by atoms with E-state index in [4.69, 9.17) is 30.3 Å². The summed E-state index contributed by atoms with van der Waals surface area (Å²) in [7, 11) is -2.85. The van der Waals surface area contributed by atoms with Crippen molar-refractivity contribution in [2.24, 2.45) is 0 Å². The number of anilines is 1. The van der Waals surface area contributed by atoms with E-state index in [9.17, 15) is 13.2 Å². The van der Waals surface area contributed by atoms with Gasteiger partial charge in [-0.15, -0.1) is 0 Å². The van der Waals surface area contributed by atoms with Gasteiger partial charge in [0.05, 0.1) is 23.1 Å². The number of carbonyl (C=O) groups is 1. The van der Waals surface area contributed by atoms with Crippen molar-refractivity contribution in [3.63, 3.8) is 0 Å². The zero-order valence-electron chi connectivity index (χ0n) is 16.3. The molecule has 11 heteroatoms. The van der Waals surface area contributed by atoms with Crippen LogP contribution in [0.15, 0.2) is 64.0 Å².